The van der Waals surface area contributed by atoms with Crippen LogP contribution in [0.1, 0.15) is 10.4 Å². The molecule has 1 heterocycles. The van der Waals surface area contributed by atoms with Crippen molar-refractivity contribution in [3.05, 3.63) is 75.0 Å². The van der Waals surface area contributed by atoms with E-state index >= 15 is 0 Å². The Kier molecular flexibility index (Phi) is 5.41. The molecule has 0 aliphatic heterocycles. The number of amides is 1. The average Bonchev–Trinajstić information content (AvgIpc) is 3.07. The van der Waals surface area contributed by atoms with Gasteiger partial charge in [0.1, 0.15) is 6.54 Å². The summed E-state index contributed by atoms with van der Waals surface area (Å²) < 4.78 is 7.09. The molecule has 0 aliphatic carbocycles. The van der Waals surface area contributed by atoms with Crippen molar-refractivity contribution in [2.75, 3.05) is 7.11 Å². The minimum Gasteiger partial charge on any atom is -0.468 e. The third-order valence-electron chi connectivity index (χ3n) is 4.44. The van der Waals surface area contributed by atoms with E-state index in [2.05, 4.69) is 4.99 Å². The van der Waals surface area contributed by atoms with Crippen molar-refractivity contribution in [2.45, 2.75) is 6.54 Å². The predicted octanol–water partition coefficient (Wildman–Crippen LogP) is 5.08. The number of carbonyl (C=O) groups is 2. The molecule has 1 aromatic heterocycles. The van der Waals surface area contributed by atoms with Gasteiger partial charge in [-0.2, -0.15) is 4.99 Å². The number of hydrogen-bond donors (Lipinski definition) is 0. The number of thiazole rings is 1. The van der Waals surface area contributed by atoms with Crippen LogP contribution in [0.15, 0.2) is 59.6 Å². The van der Waals surface area contributed by atoms with E-state index in [4.69, 9.17) is 27.9 Å². The Labute approximate surface area is 179 Å². The van der Waals surface area contributed by atoms with Crippen molar-refractivity contribution in [2.24, 2.45) is 4.99 Å². The van der Waals surface area contributed by atoms with Crippen LogP contribution in [0.3, 0.4) is 0 Å². The highest BCUT2D eigenvalue weighted by Crippen LogP contribution is 2.32. The Morgan fingerprint density at radius 1 is 1.07 bits per heavy atom. The van der Waals surface area contributed by atoms with Gasteiger partial charge in [-0.05, 0) is 35.0 Å². The molecule has 0 radical (unpaired) electrons. The van der Waals surface area contributed by atoms with E-state index in [1.54, 1.807) is 28.8 Å². The Balaban J connectivity index is 1.87. The lowest BCUT2D eigenvalue weighted by molar-refractivity contribution is -0.141. The summed E-state index contributed by atoms with van der Waals surface area (Å²) in [6.45, 7) is -0.138. The molecule has 0 atom stereocenters. The van der Waals surface area contributed by atoms with E-state index < -0.39 is 11.9 Å². The van der Waals surface area contributed by atoms with E-state index in [1.807, 2.05) is 30.3 Å². The maximum atomic E-state index is 12.8. The number of ether oxygens (including phenoxy) is 1. The molecule has 0 aliphatic rings. The maximum Gasteiger partial charge on any atom is 0.325 e. The molecule has 0 saturated carbocycles. The first-order valence-corrected chi connectivity index (χ1v) is 10.2. The van der Waals surface area contributed by atoms with Gasteiger partial charge < -0.3 is 9.30 Å². The largest absolute Gasteiger partial charge is 0.468 e. The number of rotatable bonds is 3. The van der Waals surface area contributed by atoms with Gasteiger partial charge in [0.25, 0.3) is 5.91 Å². The summed E-state index contributed by atoms with van der Waals surface area (Å²) in [7, 11) is 1.29. The van der Waals surface area contributed by atoms with Crippen LogP contribution in [0.5, 0.6) is 0 Å². The first-order chi connectivity index (χ1) is 14.0. The minimum absolute atomic E-state index is 0.138. The smallest absolute Gasteiger partial charge is 0.325 e. The molecule has 8 heteroatoms. The van der Waals surface area contributed by atoms with Crippen LogP contribution >= 0.6 is 34.5 Å². The number of halogens is 2. The lowest BCUT2D eigenvalue weighted by atomic mass is 10.1. The maximum absolute atomic E-state index is 12.8. The summed E-state index contributed by atoms with van der Waals surface area (Å²) in [5.41, 5.74) is 0.995. The number of benzene rings is 3. The second-order valence-electron chi connectivity index (χ2n) is 6.23. The molecule has 29 heavy (non-hydrogen) atoms. The lowest BCUT2D eigenvalue weighted by Gasteiger charge is -2.06. The van der Waals surface area contributed by atoms with Crippen molar-refractivity contribution in [1.82, 2.24) is 4.57 Å². The highest BCUT2D eigenvalue weighted by molar-refractivity contribution is 7.16. The van der Waals surface area contributed by atoms with Crippen molar-refractivity contribution in [3.8, 4) is 0 Å². The van der Waals surface area contributed by atoms with Gasteiger partial charge in [0.2, 0.25) is 0 Å². The van der Waals surface area contributed by atoms with Gasteiger partial charge in [0.05, 0.1) is 27.4 Å². The third-order valence-corrected chi connectivity index (χ3v) is 6.28. The summed E-state index contributed by atoms with van der Waals surface area (Å²) in [5.74, 6) is -0.900. The summed E-state index contributed by atoms with van der Waals surface area (Å²) in [5, 5.41) is 2.63. The van der Waals surface area contributed by atoms with Gasteiger partial charge in [0.15, 0.2) is 4.80 Å². The van der Waals surface area contributed by atoms with E-state index in [0.717, 1.165) is 15.5 Å². The Bertz CT molecular complexity index is 1340. The van der Waals surface area contributed by atoms with Crippen molar-refractivity contribution in [1.29, 1.82) is 0 Å². The quantitative estimate of drug-likeness (QED) is 0.414. The van der Waals surface area contributed by atoms with E-state index in [1.165, 1.54) is 18.4 Å². The zero-order valence-corrected chi connectivity index (χ0v) is 17.5. The molecule has 0 saturated heterocycles. The molecular weight excluding hydrogens is 431 g/mol. The SMILES string of the molecule is COC(=O)Cn1c(=NC(=O)c2ccc3ccccc3c2)sc2ccc(Cl)c(Cl)c21. The fourth-order valence-corrected chi connectivity index (χ4v) is 4.51. The minimum atomic E-state index is -0.486. The fourth-order valence-electron chi connectivity index (χ4n) is 3.00. The van der Waals surface area contributed by atoms with Crippen LogP contribution in [-0.2, 0) is 16.1 Å². The topological polar surface area (TPSA) is 60.7 Å². The molecule has 0 bridgehead atoms. The molecule has 5 nitrogen and oxygen atoms in total. The number of methoxy groups -OCH3 is 1. The number of fused-ring (bicyclic) bond motifs is 2. The van der Waals surface area contributed by atoms with Crippen molar-refractivity contribution < 1.29 is 14.3 Å². The second kappa shape index (κ2) is 7.99. The predicted molar refractivity (Wildman–Crippen MR) is 116 cm³/mol. The van der Waals surface area contributed by atoms with Crippen LogP contribution in [0.2, 0.25) is 10.0 Å². The summed E-state index contributed by atoms with van der Waals surface area (Å²) in [4.78, 5) is 29.4. The summed E-state index contributed by atoms with van der Waals surface area (Å²) in [6, 6.07) is 16.6. The Morgan fingerprint density at radius 3 is 2.59 bits per heavy atom. The zero-order chi connectivity index (χ0) is 20.5. The highest BCUT2D eigenvalue weighted by Gasteiger charge is 2.16. The van der Waals surface area contributed by atoms with Gasteiger partial charge >= 0.3 is 5.97 Å². The molecule has 0 fully saturated rings. The first kappa shape index (κ1) is 19.6. The summed E-state index contributed by atoms with van der Waals surface area (Å²) >= 11 is 13.8. The van der Waals surface area contributed by atoms with Gasteiger partial charge in [-0.15, -0.1) is 0 Å². The van der Waals surface area contributed by atoms with E-state index in [-0.39, 0.29) is 6.54 Å². The monoisotopic (exact) mass is 444 g/mol. The molecule has 0 unspecified atom stereocenters. The standard InChI is InChI=1S/C21H14Cl2N2O3S/c1-28-17(26)11-25-19-16(9-8-15(22)18(19)23)29-21(25)24-20(27)14-7-6-12-4-2-3-5-13(12)10-14/h2-10H,11H2,1H3. The fraction of sp³-hybridized carbons (Fsp3) is 0.0952. The normalized spacial score (nSPS) is 11.9. The van der Waals surface area contributed by atoms with Gasteiger partial charge in [-0.25, -0.2) is 0 Å². The Morgan fingerprint density at radius 2 is 1.83 bits per heavy atom. The molecule has 4 aromatic rings. The van der Waals surface area contributed by atoms with Crippen molar-refractivity contribution >= 4 is 67.4 Å². The molecule has 0 N–H and O–H groups in total. The second-order valence-corrected chi connectivity index (χ2v) is 8.03. The first-order valence-electron chi connectivity index (χ1n) is 8.60. The molecule has 3 aromatic carbocycles. The Hall–Kier alpha value is -2.67. The molecule has 1 amide bonds. The number of carbonyl (C=O) groups excluding carboxylic acids is 2. The van der Waals surface area contributed by atoms with E-state index in [0.29, 0.717) is 25.9 Å². The van der Waals surface area contributed by atoms with Crippen molar-refractivity contribution in [3.63, 3.8) is 0 Å². The molecule has 146 valence electrons. The van der Waals surface area contributed by atoms with Crippen LogP contribution in [0.4, 0.5) is 0 Å². The van der Waals surface area contributed by atoms with E-state index in [9.17, 15) is 9.59 Å². The number of hydrogen-bond acceptors (Lipinski definition) is 4. The van der Waals surface area contributed by atoms with Crippen LogP contribution < -0.4 is 4.80 Å². The number of aromatic nitrogens is 1. The van der Waals surface area contributed by atoms with Gasteiger partial charge in [-0.3, -0.25) is 9.59 Å². The summed E-state index contributed by atoms with van der Waals surface area (Å²) in [6.07, 6.45) is 0. The molecular formula is C21H14Cl2N2O3S. The highest BCUT2D eigenvalue weighted by atomic mass is 35.5. The van der Waals surface area contributed by atoms with Crippen LogP contribution in [0, 0.1) is 0 Å². The van der Waals surface area contributed by atoms with Crippen LogP contribution in [-0.4, -0.2) is 23.6 Å². The average molecular weight is 445 g/mol. The third kappa shape index (κ3) is 3.79. The zero-order valence-electron chi connectivity index (χ0n) is 15.2. The van der Waals surface area contributed by atoms with Gasteiger partial charge in [-0.1, -0.05) is 64.9 Å². The number of esters is 1. The number of nitrogens with zero attached hydrogens (tertiary/aromatic N) is 2. The molecule has 0 spiro atoms. The lowest BCUT2D eigenvalue weighted by Crippen LogP contribution is -2.22. The van der Waals surface area contributed by atoms with Gasteiger partial charge in [0, 0.05) is 5.56 Å². The van der Waals surface area contributed by atoms with Crippen LogP contribution in [0.25, 0.3) is 21.0 Å². The molecule has 4 rings (SSSR count).